The molecule has 4 aliphatic rings. The van der Waals surface area contributed by atoms with Crippen molar-refractivity contribution < 1.29 is 28.8 Å². The number of urea groups is 2. The van der Waals surface area contributed by atoms with Crippen molar-refractivity contribution >= 4 is 41.4 Å². The fraction of sp³-hybridized carbons (Fsp3) is 0.600. The second-order valence-corrected chi connectivity index (χ2v) is 13.0. The van der Waals surface area contributed by atoms with Crippen LogP contribution in [-0.2, 0) is 19.2 Å². The van der Waals surface area contributed by atoms with Crippen LogP contribution in [0.4, 0.5) is 15.3 Å². The molecule has 40 heavy (non-hydrogen) atoms. The number of para-hydroxylation sites is 1. The Morgan fingerprint density at radius 1 is 0.700 bits per heavy atom. The van der Waals surface area contributed by atoms with Gasteiger partial charge in [-0.15, -0.1) is 0 Å². The van der Waals surface area contributed by atoms with E-state index in [4.69, 9.17) is 0 Å². The first-order chi connectivity index (χ1) is 18.9. The van der Waals surface area contributed by atoms with E-state index in [1.165, 1.54) is 14.7 Å². The first kappa shape index (κ1) is 28.0. The average Bonchev–Trinajstić information content (AvgIpc) is 2.86. The van der Waals surface area contributed by atoms with Crippen LogP contribution >= 0.6 is 0 Å². The number of amides is 8. The highest BCUT2D eigenvalue weighted by Gasteiger charge is 2.52. The van der Waals surface area contributed by atoms with Crippen molar-refractivity contribution in [3.63, 3.8) is 0 Å². The maximum absolute atomic E-state index is 13.7. The summed E-state index contributed by atoms with van der Waals surface area (Å²) in [7, 11) is 0. The number of nitrogens with zero attached hydrogens (tertiary/aromatic N) is 4. The number of benzene rings is 1. The standard InChI is InChI=1S/C30H38N4O6/c1-29(2)16-22(34-26(38)15-25(37)33(28(34)40)21-12-8-5-9-13-21)17-30(3,18-29)19-31-23(35)14-24(36)32(27(31)39)20-10-6-4-7-11-20/h5,8-9,12-13,20,22H,4,6-7,10-11,14-19H2,1-3H3. The van der Waals surface area contributed by atoms with Crippen molar-refractivity contribution in [1.29, 1.82) is 0 Å². The first-order valence-corrected chi connectivity index (χ1v) is 14.3. The number of imide groups is 4. The molecule has 2 atom stereocenters. The van der Waals surface area contributed by atoms with Crippen LogP contribution in [0.5, 0.6) is 0 Å². The zero-order chi connectivity index (χ0) is 28.8. The smallest absolute Gasteiger partial charge is 0.274 e. The van der Waals surface area contributed by atoms with E-state index in [1.807, 2.05) is 20.8 Å². The predicted octanol–water partition coefficient (Wildman–Crippen LogP) is 4.47. The normalized spacial score (nSPS) is 28.5. The number of hydrogen-bond acceptors (Lipinski definition) is 6. The van der Waals surface area contributed by atoms with Gasteiger partial charge in [0.1, 0.15) is 12.8 Å². The lowest BCUT2D eigenvalue weighted by Crippen LogP contribution is -2.63. The largest absolute Gasteiger partial charge is 0.338 e. The number of hydrogen-bond donors (Lipinski definition) is 0. The quantitative estimate of drug-likeness (QED) is 0.500. The number of barbiturate groups is 2. The molecular weight excluding hydrogens is 512 g/mol. The summed E-state index contributed by atoms with van der Waals surface area (Å²) in [6.45, 7) is 6.17. The van der Waals surface area contributed by atoms with Crippen LogP contribution in [0.1, 0.15) is 85.0 Å². The van der Waals surface area contributed by atoms with Gasteiger partial charge >= 0.3 is 12.1 Å². The summed E-state index contributed by atoms with van der Waals surface area (Å²) in [6, 6.07) is 6.63. The van der Waals surface area contributed by atoms with Gasteiger partial charge in [-0.3, -0.25) is 33.9 Å². The molecule has 0 spiro atoms. The van der Waals surface area contributed by atoms with Crippen molar-refractivity contribution in [3.8, 4) is 0 Å². The first-order valence-electron chi connectivity index (χ1n) is 14.3. The van der Waals surface area contributed by atoms with E-state index in [-0.39, 0.29) is 24.4 Å². The Kier molecular flexibility index (Phi) is 7.31. The van der Waals surface area contributed by atoms with E-state index in [0.29, 0.717) is 24.9 Å². The van der Waals surface area contributed by atoms with E-state index < -0.39 is 53.6 Å². The van der Waals surface area contributed by atoms with Gasteiger partial charge in [-0.2, -0.15) is 0 Å². The molecule has 4 fully saturated rings. The van der Waals surface area contributed by atoms with Crippen LogP contribution in [0.15, 0.2) is 30.3 Å². The molecule has 0 N–H and O–H groups in total. The topological polar surface area (TPSA) is 115 Å². The molecule has 214 valence electrons. The van der Waals surface area contributed by atoms with E-state index in [0.717, 1.165) is 37.0 Å². The SMILES string of the molecule is CC1(C)CC(N2C(=O)CC(=O)N(c3ccccc3)C2=O)CC(C)(CN2C(=O)CC(=O)N(C3CCCCC3)C2=O)C1. The van der Waals surface area contributed by atoms with Crippen molar-refractivity contribution in [2.45, 2.75) is 97.1 Å². The van der Waals surface area contributed by atoms with Crippen molar-refractivity contribution in [2.75, 3.05) is 11.4 Å². The van der Waals surface area contributed by atoms with Crippen LogP contribution < -0.4 is 4.90 Å². The van der Waals surface area contributed by atoms with Gasteiger partial charge in [-0.25, -0.2) is 14.5 Å². The fourth-order valence-electron chi connectivity index (χ4n) is 7.58. The predicted molar refractivity (Wildman–Crippen MR) is 146 cm³/mol. The van der Waals surface area contributed by atoms with Crippen LogP contribution in [0.25, 0.3) is 0 Å². The van der Waals surface area contributed by atoms with Gasteiger partial charge in [0.25, 0.3) is 0 Å². The molecule has 2 saturated heterocycles. The molecule has 1 aromatic rings. The second-order valence-electron chi connectivity index (χ2n) is 13.0. The molecule has 0 radical (unpaired) electrons. The van der Waals surface area contributed by atoms with Crippen molar-refractivity contribution in [1.82, 2.24) is 14.7 Å². The van der Waals surface area contributed by atoms with Crippen LogP contribution in [0, 0.1) is 10.8 Å². The molecule has 2 aliphatic heterocycles. The lowest BCUT2D eigenvalue weighted by molar-refractivity contribution is -0.147. The van der Waals surface area contributed by atoms with E-state index in [1.54, 1.807) is 30.3 Å². The summed E-state index contributed by atoms with van der Waals surface area (Å²) < 4.78 is 0. The van der Waals surface area contributed by atoms with Gasteiger partial charge in [0.2, 0.25) is 23.6 Å². The Labute approximate surface area is 234 Å². The Morgan fingerprint density at radius 3 is 1.95 bits per heavy atom. The minimum atomic E-state index is -0.670. The van der Waals surface area contributed by atoms with Crippen LogP contribution in [-0.4, -0.2) is 69.0 Å². The molecule has 0 aromatic heterocycles. The van der Waals surface area contributed by atoms with Gasteiger partial charge in [0.15, 0.2) is 0 Å². The molecule has 2 heterocycles. The maximum atomic E-state index is 13.7. The zero-order valence-electron chi connectivity index (χ0n) is 23.6. The third-order valence-electron chi connectivity index (χ3n) is 8.81. The molecule has 0 bridgehead atoms. The number of carbonyl (C=O) groups excluding carboxylic acids is 6. The Balaban J connectivity index is 1.40. The molecule has 2 aliphatic carbocycles. The molecule has 10 nitrogen and oxygen atoms in total. The molecular formula is C30H38N4O6. The minimum Gasteiger partial charge on any atom is -0.274 e. The Bertz CT molecular complexity index is 1240. The molecule has 1 aromatic carbocycles. The number of anilines is 1. The van der Waals surface area contributed by atoms with E-state index in [9.17, 15) is 28.8 Å². The molecule has 2 saturated carbocycles. The third-order valence-corrected chi connectivity index (χ3v) is 8.81. The highest BCUT2D eigenvalue weighted by Crippen LogP contribution is 2.49. The highest BCUT2D eigenvalue weighted by molar-refractivity contribution is 6.26. The van der Waals surface area contributed by atoms with Gasteiger partial charge in [-0.05, 0) is 55.1 Å². The van der Waals surface area contributed by atoms with Gasteiger partial charge in [0, 0.05) is 18.6 Å². The number of carbonyl (C=O) groups is 6. The summed E-state index contributed by atoms with van der Waals surface area (Å²) in [5.41, 5.74) is -0.529. The average molecular weight is 551 g/mol. The Morgan fingerprint density at radius 2 is 1.30 bits per heavy atom. The summed E-state index contributed by atoms with van der Waals surface area (Å²) in [4.78, 5) is 83.8. The van der Waals surface area contributed by atoms with Crippen molar-refractivity contribution in [3.05, 3.63) is 30.3 Å². The van der Waals surface area contributed by atoms with Gasteiger partial charge in [-0.1, -0.05) is 58.2 Å². The lowest BCUT2D eigenvalue weighted by atomic mass is 9.62. The molecule has 5 rings (SSSR count). The van der Waals surface area contributed by atoms with Crippen molar-refractivity contribution in [2.24, 2.45) is 10.8 Å². The van der Waals surface area contributed by atoms with Gasteiger partial charge < -0.3 is 0 Å². The molecule has 8 amide bonds. The molecule has 2 unspecified atom stereocenters. The molecule has 10 heteroatoms. The Hall–Kier alpha value is -3.56. The summed E-state index contributed by atoms with van der Waals surface area (Å²) >= 11 is 0. The minimum absolute atomic E-state index is 0.0959. The summed E-state index contributed by atoms with van der Waals surface area (Å²) in [5, 5.41) is 0. The summed E-state index contributed by atoms with van der Waals surface area (Å²) in [6.07, 6.45) is 5.30. The van der Waals surface area contributed by atoms with E-state index in [2.05, 4.69) is 0 Å². The zero-order valence-corrected chi connectivity index (χ0v) is 23.6. The highest BCUT2D eigenvalue weighted by atomic mass is 16.2. The monoisotopic (exact) mass is 550 g/mol. The van der Waals surface area contributed by atoms with Crippen LogP contribution in [0.2, 0.25) is 0 Å². The summed E-state index contributed by atoms with van der Waals surface area (Å²) in [5.74, 6) is -2.03. The lowest BCUT2D eigenvalue weighted by Gasteiger charge is -2.51. The maximum Gasteiger partial charge on any atom is 0.338 e. The van der Waals surface area contributed by atoms with E-state index >= 15 is 0 Å². The van der Waals surface area contributed by atoms with Crippen LogP contribution in [0.3, 0.4) is 0 Å². The van der Waals surface area contributed by atoms with Gasteiger partial charge in [0.05, 0.1) is 5.69 Å². The fourth-order valence-corrected chi connectivity index (χ4v) is 7.58. The second kappa shape index (κ2) is 10.4. The third kappa shape index (κ3) is 5.28. The number of rotatable bonds is 5.